The average molecular weight is 473 g/mol. The molecule has 2 aromatic rings. The standard InChI is InChI=1S/C21H22F3NO8/c1-25-20(30)10-2-4-11(5-3-10)31-12-6-7-14(33-21(22,23)24)13(8-12)19-18(29)17(28)16(27)15(9-26)32-19/h2-8,15-19,26-29H,9H2,1H3,(H,25,30)/t15-,16-,17+,18-,19-/m1/s1. The molecule has 33 heavy (non-hydrogen) atoms. The maximum Gasteiger partial charge on any atom is 0.573 e. The van der Waals surface area contributed by atoms with Gasteiger partial charge in [0.1, 0.15) is 47.8 Å². The summed E-state index contributed by atoms with van der Waals surface area (Å²) < 4.78 is 53.8. The van der Waals surface area contributed by atoms with Crippen LogP contribution in [-0.4, -0.2) is 70.8 Å². The van der Waals surface area contributed by atoms with Crippen molar-refractivity contribution in [3.63, 3.8) is 0 Å². The van der Waals surface area contributed by atoms with Crippen LogP contribution in [0.5, 0.6) is 17.2 Å². The van der Waals surface area contributed by atoms with E-state index in [0.29, 0.717) is 5.56 Å². The highest BCUT2D eigenvalue weighted by Gasteiger charge is 2.45. The Labute approximate surface area is 185 Å². The lowest BCUT2D eigenvalue weighted by atomic mass is 9.90. The molecule has 0 saturated carbocycles. The van der Waals surface area contributed by atoms with Gasteiger partial charge in [0.2, 0.25) is 0 Å². The number of rotatable bonds is 6. The molecule has 1 aliphatic rings. The Hall–Kier alpha value is -2.90. The van der Waals surface area contributed by atoms with Crippen LogP contribution in [0.1, 0.15) is 22.0 Å². The maximum atomic E-state index is 12.9. The van der Waals surface area contributed by atoms with E-state index in [1.807, 2.05) is 0 Å². The van der Waals surface area contributed by atoms with Crippen molar-refractivity contribution < 1.29 is 52.6 Å². The molecule has 180 valence electrons. The molecule has 0 aliphatic carbocycles. The van der Waals surface area contributed by atoms with Gasteiger partial charge in [-0.15, -0.1) is 13.2 Å². The number of nitrogens with one attached hydrogen (secondary N) is 1. The van der Waals surface area contributed by atoms with Crippen molar-refractivity contribution in [2.75, 3.05) is 13.7 Å². The number of benzene rings is 2. The molecule has 0 radical (unpaired) electrons. The highest BCUT2D eigenvalue weighted by molar-refractivity contribution is 5.94. The molecule has 0 unspecified atom stereocenters. The van der Waals surface area contributed by atoms with Crippen molar-refractivity contribution in [3.8, 4) is 17.2 Å². The summed E-state index contributed by atoms with van der Waals surface area (Å²) in [6, 6.07) is 9.14. The molecule has 1 amide bonds. The van der Waals surface area contributed by atoms with Gasteiger partial charge in [0.05, 0.1) is 6.61 Å². The lowest BCUT2D eigenvalue weighted by Gasteiger charge is -2.40. The van der Waals surface area contributed by atoms with E-state index in [4.69, 9.17) is 9.47 Å². The van der Waals surface area contributed by atoms with Crippen LogP contribution in [0.25, 0.3) is 0 Å². The number of aliphatic hydroxyl groups is 4. The van der Waals surface area contributed by atoms with Gasteiger partial charge in [-0.2, -0.15) is 0 Å². The van der Waals surface area contributed by atoms with E-state index in [-0.39, 0.29) is 23.0 Å². The second-order valence-corrected chi connectivity index (χ2v) is 7.20. The lowest BCUT2D eigenvalue weighted by molar-refractivity contribution is -0.276. The highest BCUT2D eigenvalue weighted by atomic mass is 19.4. The number of amides is 1. The topological polar surface area (TPSA) is 138 Å². The van der Waals surface area contributed by atoms with Gasteiger partial charge in [-0.25, -0.2) is 0 Å². The van der Waals surface area contributed by atoms with Gasteiger partial charge in [0.25, 0.3) is 5.91 Å². The number of aliphatic hydroxyl groups excluding tert-OH is 4. The molecular formula is C21H22F3NO8. The SMILES string of the molecule is CNC(=O)c1ccc(Oc2ccc(OC(F)(F)F)c([C@H]3O[C@H](CO)[C@@H](O)[C@H](O)[C@H]3O)c2)cc1. The van der Waals surface area contributed by atoms with Crippen LogP contribution in [0, 0.1) is 0 Å². The third-order valence-corrected chi connectivity index (χ3v) is 4.99. The largest absolute Gasteiger partial charge is 0.573 e. The molecule has 2 aromatic carbocycles. The molecule has 1 aliphatic heterocycles. The van der Waals surface area contributed by atoms with Crippen molar-refractivity contribution >= 4 is 5.91 Å². The van der Waals surface area contributed by atoms with Gasteiger partial charge in [-0.3, -0.25) is 4.79 Å². The van der Waals surface area contributed by atoms with E-state index in [1.54, 1.807) is 0 Å². The van der Waals surface area contributed by atoms with Gasteiger partial charge < -0.3 is 40.0 Å². The normalized spacial score (nSPS) is 25.4. The van der Waals surface area contributed by atoms with Crippen LogP contribution >= 0.6 is 0 Å². The third-order valence-electron chi connectivity index (χ3n) is 4.99. The number of hydrogen-bond acceptors (Lipinski definition) is 8. The molecule has 5 N–H and O–H groups in total. The first-order valence-electron chi connectivity index (χ1n) is 9.74. The van der Waals surface area contributed by atoms with Crippen molar-refractivity contribution in [2.24, 2.45) is 0 Å². The fourth-order valence-electron chi connectivity index (χ4n) is 3.34. The zero-order chi connectivity index (χ0) is 24.3. The Balaban J connectivity index is 1.95. The molecule has 1 saturated heterocycles. The van der Waals surface area contributed by atoms with Gasteiger partial charge in [0.15, 0.2) is 0 Å². The number of carbonyl (C=O) groups excluding carboxylic acids is 1. The summed E-state index contributed by atoms with van der Waals surface area (Å²) in [4.78, 5) is 11.6. The van der Waals surface area contributed by atoms with Crippen LogP contribution in [0.4, 0.5) is 13.2 Å². The van der Waals surface area contributed by atoms with Crippen molar-refractivity contribution in [2.45, 2.75) is 36.9 Å². The Bertz CT molecular complexity index is 967. The first kappa shape index (κ1) is 24.7. The first-order chi connectivity index (χ1) is 15.5. The summed E-state index contributed by atoms with van der Waals surface area (Å²) >= 11 is 0. The molecule has 0 aromatic heterocycles. The van der Waals surface area contributed by atoms with Gasteiger partial charge in [-0.05, 0) is 42.5 Å². The van der Waals surface area contributed by atoms with E-state index in [9.17, 15) is 38.4 Å². The number of alkyl halides is 3. The molecule has 0 spiro atoms. The Morgan fingerprint density at radius 3 is 2.24 bits per heavy atom. The number of carbonyl (C=O) groups is 1. The van der Waals surface area contributed by atoms with Gasteiger partial charge >= 0.3 is 6.36 Å². The van der Waals surface area contributed by atoms with Crippen LogP contribution < -0.4 is 14.8 Å². The summed E-state index contributed by atoms with van der Waals surface area (Å²) in [5.41, 5.74) is 0.0319. The second-order valence-electron chi connectivity index (χ2n) is 7.20. The second kappa shape index (κ2) is 9.93. The minimum absolute atomic E-state index is 0.0316. The van der Waals surface area contributed by atoms with Crippen molar-refractivity contribution in [3.05, 3.63) is 53.6 Å². The fraction of sp³-hybridized carbons (Fsp3) is 0.381. The van der Waals surface area contributed by atoms with E-state index in [0.717, 1.165) is 12.1 Å². The van der Waals surface area contributed by atoms with Crippen molar-refractivity contribution in [1.82, 2.24) is 5.32 Å². The number of ether oxygens (including phenoxy) is 3. The zero-order valence-electron chi connectivity index (χ0n) is 17.2. The smallest absolute Gasteiger partial charge is 0.457 e. The average Bonchev–Trinajstić information content (AvgIpc) is 2.78. The molecule has 12 heteroatoms. The number of halogens is 3. The minimum Gasteiger partial charge on any atom is -0.457 e. The molecule has 1 heterocycles. The number of hydrogen-bond donors (Lipinski definition) is 5. The predicted molar refractivity (Wildman–Crippen MR) is 106 cm³/mol. The molecule has 0 bridgehead atoms. The summed E-state index contributed by atoms with van der Waals surface area (Å²) in [5, 5.41) is 42.2. The summed E-state index contributed by atoms with van der Waals surface area (Å²) in [5.74, 6) is -0.759. The quantitative estimate of drug-likeness (QED) is 0.423. The van der Waals surface area contributed by atoms with Crippen LogP contribution in [0.2, 0.25) is 0 Å². The Kier molecular flexibility index (Phi) is 7.44. The maximum absolute atomic E-state index is 12.9. The summed E-state index contributed by atoms with van der Waals surface area (Å²) in [6.07, 6.45) is -13.3. The van der Waals surface area contributed by atoms with E-state index in [2.05, 4.69) is 10.1 Å². The van der Waals surface area contributed by atoms with E-state index in [1.165, 1.54) is 37.4 Å². The molecule has 5 atom stereocenters. The van der Waals surface area contributed by atoms with Crippen LogP contribution in [-0.2, 0) is 4.74 Å². The van der Waals surface area contributed by atoms with Gasteiger partial charge in [-0.1, -0.05) is 0 Å². The fourth-order valence-corrected chi connectivity index (χ4v) is 3.34. The molecular weight excluding hydrogens is 451 g/mol. The third kappa shape index (κ3) is 5.72. The van der Waals surface area contributed by atoms with Crippen LogP contribution in [0.3, 0.4) is 0 Å². The van der Waals surface area contributed by atoms with Crippen LogP contribution in [0.15, 0.2) is 42.5 Å². The van der Waals surface area contributed by atoms with Crippen molar-refractivity contribution in [1.29, 1.82) is 0 Å². The summed E-state index contributed by atoms with van der Waals surface area (Å²) in [7, 11) is 1.47. The summed E-state index contributed by atoms with van der Waals surface area (Å²) in [6.45, 7) is -0.759. The Morgan fingerprint density at radius 1 is 1.03 bits per heavy atom. The lowest BCUT2D eigenvalue weighted by Crippen LogP contribution is -2.55. The minimum atomic E-state index is -5.07. The molecule has 1 fully saturated rings. The highest BCUT2D eigenvalue weighted by Crippen LogP contribution is 2.41. The molecule has 9 nitrogen and oxygen atoms in total. The van der Waals surface area contributed by atoms with Gasteiger partial charge in [0, 0.05) is 18.2 Å². The first-order valence-corrected chi connectivity index (χ1v) is 9.74. The van der Waals surface area contributed by atoms with E-state index < -0.39 is 49.2 Å². The molecule has 3 rings (SSSR count). The predicted octanol–water partition coefficient (Wildman–Crippen LogP) is 1.25. The van der Waals surface area contributed by atoms with E-state index >= 15 is 0 Å². The Morgan fingerprint density at radius 2 is 1.67 bits per heavy atom. The zero-order valence-corrected chi connectivity index (χ0v) is 17.2. The monoisotopic (exact) mass is 473 g/mol.